The Balaban J connectivity index is 3.02. The van der Waals surface area contributed by atoms with E-state index in [1.165, 1.54) is 18.3 Å². The van der Waals surface area contributed by atoms with Crippen molar-refractivity contribution in [2.24, 2.45) is 0 Å². The molecule has 0 fully saturated rings. The van der Waals surface area contributed by atoms with Gasteiger partial charge in [-0.1, -0.05) is 0 Å². The van der Waals surface area contributed by atoms with Crippen LogP contribution in [0.2, 0.25) is 0 Å². The molecule has 1 heterocycles. The molecule has 22 heavy (non-hydrogen) atoms. The Morgan fingerprint density at radius 2 is 1.82 bits per heavy atom. The second-order valence-corrected chi connectivity index (χ2v) is 8.82. The molecule has 2 atom stereocenters. The molecule has 0 saturated heterocycles. The van der Waals surface area contributed by atoms with Crippen molar-refractivity contribution < 1.29 is 18.4 Å². The Bertz CT molecular complexity index is 513. The number of alkyl halides is 2. The van der Waals surface area contributed by atoms with Crippen molar-refractivity contribution in [3.63, 3.8) is 0 Å². The summed E-state index contributed by atoms with van der Waals surface area (Å²) in [5, 5.41) is 9.65. The largest absolute Gasteiger partial charge is 0.598 e. The third-order valence-corrected chi connectivity index (χ3v) is 4.88. The minimum atomic E-state index is -3.41. The maximum atomic E-state index is 14.2. The molecule has 4 nitrogen and oxygen atoms in total. The van der Waals surface area contributed by atoms with Crippen molar-refractivity contribution in [1.82, 2.24) is 9.71 Å². The van der Waals surface area contributed by atoms with Crippen LogP contribution in [0.4, 0.5) is 8.78 Å². The van der Waals surface area contributed by atoms with Gasteiger partial charge >= 0.3 is 5.92 Å². The molecule has 7 heteroatoms. The maximum Gasteiger partial charge on any atom is 0.300 e. The van der Waals surface area contributed by atoms with Gasteiger partial charge in [0, 0.05) is 23.1 Å². The van der Waals surface area contributed by atoms with E-state index in [9.17, 15) is 18.4 Å². The Labute approximate surface area is 133 Å². The van der Waals surface area contributed by atoms with Crippen LogP contribution in [0.5, 0.6) is 0 Å². The van der Waals surface area contributed by atoms with Crippen molar-refractivity contribution in [2.75, 3.05) is 0 Å². The van der Waals surface area contributed by atoms with Crippen LogP contribution in [0.15, 0.2) is 18.3 Å². The monoisotopic (exact) mass is 334 g/mol. The molecule has 0 aliphatic carbocycles. The second-order valence-electron chi connectivity index (χ2n) is 6.82. The number of aromatic nitrogens is 1. The summed E-state index contributed by atoms with van der Waals surface area (Å²) in [7, 11) is 0. The van der Waals surface area contributed by atoms with Gasteiger partial charge in [-0.25, -0.2) is 0 Å². The van der Waals surface area contributed by atoms with Gasteiger partial charge in [-0.3, -0.25) is 4.98 Å². The van der Waals surface area contributed by atoms with Gasteiger partial charge in [-0.05, 0) is 53.7 Å². The van der Waals surface area contributed by atoms with Gasteiger partial charge in [-0.2, -0.15) is 8.78 Å². The molecule has 126 valence electrons. The molecular formula is C15H24F2N2O2S. The quantitative estimate of drug-likeness (QED) is 0.812. The van der Waals surface area contributed by atoms with Gasteiger partial charge in [0.05, 0.1) is 11.7 Å². The summed E-state index contributed by atoms with van der Waals surface area (Å²) in [5.74, 6) is -3.41. The van der Waals surface area contributed by atoms with Crippen LogP contribution in [0.25, 0.3) is 0 Å². The Morgan fingerprint density at radius 1 is 1.27 bits per heavy atom. The Morgan fingerprint density at radius 3 is 2.27 bits per heavy atom. The van der Waals surface area contributed by atoms with E-state index in [1.54, 1.807) is 6.92 Å². The molecule has 1 aromatic heterocycles. The normalized spacial score (nSPS) is 16.5. The first-order valence-electron chi connectivity index (χ1n) is 7.01. The molecule has 2 N–H and O–H groups in total. The summed E-state index contributed by atoms with van der Waals surface area (Å²) in [6, 6.07) is 1.95. The minimum Gasteiger partial charge on any atom is -0.598 e. The van der Waals surface area contributed by atoms with E-state index in [4.69, 9.17) is 0 Å². The first kappa shape index (κ1) is 19.3. The predicted octanol–water partition coefficient (Wildman–Crippen LogP) is 3.06. The molecule has 0 aliphatic rings. The number of nitrogens with zero attached hydrogens (tertiary/aromatic N) is 1. The van der Waals surface area contributed by atoms with Gasteiger partial charge in [-0.15, -0.1) is 4.72 Å². The van der Waals surface area contributed by atoms with Gasteiger partial charge in [0.15, 0.2) is 0 Å². The number of halogens is 2. The standard InChI is InChI=1S/C15H24F2N2O2S/c1-10(19-22(21)13(2,3)4)12-9-11(7-8-18-12)15(16,17)14(5,6)20/h7-10,19-20H,1-6H3. The van der Waals surface area contributed by atoms with E-state index in [2.05, 4.69) is 9.71 Å². The fourth-order valence-electron chi connectivity index (χ4n) is 1.63. The zero-order valence-corrected chi connectivity index (χ0v) is 14.6. The van der Waals surface area contributed by atoms with E-state index in [0.29, 0.717) is 5.69 Å². The zero-order valence-electron chi connectivity index (χ0n) is 13.8. The first-order valence-corrected chi connectivity index (χ1v) is 8.16. The predicted molar refractivity (Wildman–Crippen MR) is 83.9 cm³/mol. The Kier molecular flexibility index (Phi) is 5.60. The molecule has 0 amide bonds. The van der Waals surface area contributed by atoms with E-state index in [1.807, 2.05) is 20.8 Å². The lowest BCUT2D eigenvalue weighted by Gasteiger charge is -2.30. The third-order valence-electron chi connectivity index (χ3n) is 3.20. The summed E-state index contributed by atoms with van der Waals surface area (Å²) in [4.78, 5) is 4.06. The van der Waals surface area contributed by atoms with Gasteiger partial charge in [0.2, 0.25) is 0 Å². The molecule has 0 aliphatic heterocycles. The molecular weight excluding hydrogens is 310 g/mol. The summed E-state index contributed by atoms with van der Waals surface area (Å²) < 4.78 is 42.9. The lowest BCUT2D eigenvalue weighted by molar-refractivity contribution is -0.168. The molecule has 2 unspecified atom stereocenters. The molecule has 0 aromatic carbocycles. The summed E-state index contributed by atoms with van der Waals surface area (Å²) >= 11 is -1.34. The number of hydrogen-bond donors (Lipinski definition) is 2. The molecule has 0 spiro atoms. The SMILES string of the molecule is CC(N[S+]([O-])C(C)(C)C)c1cc(C(F)(F)C(C)(C)O)ccn1. The van der Waals surface area contributed by atoms with Crippen molar-refractivity contribution in [1.29, 1.82) is 0 Å². The van der Waals surface area contributed by atoms with Gasteiger partial charge in [0.1, 0.15) is 10.3 Å². The second kappa shape index (κ2) is 6.39. The van der Waals surface area contributed by atoms with Crippen molar-refractivity contribution in [2.45, 2.75) is 63.9 Å². The number of aliphatic hydroxyl groups is 1. The van der Waals surface area contributed by atoms with Crippen LogP contribution in [-0.2, 0) is 17.3 Å². The smallest absolute Gasteiger partial charge is 0.300 e. The lowest BCUT2D eigenvalue weighted by Crippen LogP contribution is -2.41. The summed E-state index contributed by atoms with van der Waals surface area (Å²) in [6.07, 6.45) is 1.27. The van der Waals surface area contributed by atoms with Crippen LogP contribution >= 0.6 is 0 Å². The average molecular weight is 334 g/mol. The number of nitrogens with one attached hydrogen (secondary N) is 1. The van der Waals surface area contributed by atoms with Crippen LogP contribution in [0.1, 0.15) is 58.8 Å². The van der Waals surface area contributed by atoms with Crippen molar-refractivity contribution >= 4 is 11.4 Å². The van der Waals surface area contributed by atoms with Gasteiger partial charge < -0.3 is 9.66 Å². The highest BCUT2D eigenvalue weighted by Crippen LogP contribution is 2.38. The third kappa shape index (κ3) is 4.38. The minimum absolute atomic E-state index is 0.319. The first-order chi connectivity index (χ1) is 9.76. The van der Waals surface area contributed by atoms with E-state index in [-0.39, 0.29) is 5.56 Å². The molecule has 0 radical (unpaired) electrons. The van der Waals surface area contributed by atoms with Crippen LogP contribution in [-0.4, -0.2) is 25.0 Å². The van der Waals surface area contributed by atoms with Crippen molar-refractivity contribution in [3.05, 3.63) is 29.6 Å². The summed E-state index contributed by atoms with van der Waals surface area (Å²) in [5.41, 5.74) is -2.16. The number of pyridine rings is 1. The highest BCUT2D eigenvalue weighted by Gasteiger charge is 2.47. The van der Waals surface area contributed by atoms with E-state index >= 15 is 0 Å². The molecule has 0 saturated carbocycles. The van der Waals surface area contributed by atoms with Crippen LogP contribution in [0.3, 0.4) is 0 Å². The Hall–Kier alpha value is -0.760. The number of rotatable bonds is 5. The van der Waals surface area contributed by atoms with E-state index in [0.717, 1.165) is 13.8 Å². The van der Waals surface area contributed by atoms with Crippen LogP contribution in [0, 0.1) is 0 Å². The molecule has 0 bridgehead atoms. The maximum absolute atomic E-state index is 14.2. The van der Waals surface area contributed by atoms with Crippen LogP contribution < -0.4 is 4.72 Å². The molecule has 1 rings (SSSR count). The fraction of sp³-hybridized carbons (Fsp3) is 0.667. The van der Waals surface area contributed by atoms with E-state index < -0.39 is 33.7 Å². The zero-order chi connectivity index (χ0) is 17.3. The lowest BCUT2D eigenvalue weighted by atomic mass is 9.93. The number of hydrogen-bond acceptors (Lipinski definition) is 4. The fourth-order valence-corrected chi connectivity index (χ4v) is 2.43. The van der Waals surface area contributed by atoms with Crippen molar-refractivity contribution in [3.8, 4) is 0 Å². The van der Waals surface area contributed by atoms with Gasteiger partial charge in [0.25, 0.3) is 0 Å². The average Bonchev–Trinajstić information content (AvgIpc) is 2.36. The highest BCUT2D eigenvalue weighted by atomic mass is 32.2. The highest BCUT2D eigenvalue weighted by molar-refractivity contribution is 7.90. The molecule has 1 aromatic rings. The topological polar surface area (TPSA) is 68.2 Å². The summed E-state index contributed by atoms with van der Waals surface area (Å²) in [6.45, 7) is 9.27.